The van der Waals surface area contributed by atoms with Gasteiger partial charge in [0.1, 0.15) is 0 Å². The number of hydrogen-bond donors (Lipinski definition) is 2. The summed E-state index contributed by atoms with van der Waals surface area (Å²) in [4.78, 5) is 24.0. The maximum Gasteiger partial charge on any atom is 0.257 e. The van der Waals surface area contributed by atoms with Crippen molar-refractivity contribution < 1.29 is 9.59 Å². The zero-order chi connectivity index (χ0) is 18.9. The van der Waals surface area contributed by atoms with Gasteiger partial charge in [-0.05, 0) is 24.1 Å². The molecule has 0 radical (unpaired) electrons. The van der Waals surface area contributed by atoms with Crippen molar-refractivity contribution in [2.24, 2.45) is 0 Å². The van der Waals surface area contributed by atoms with E-state index in [2.05, 4.69) is 20.8 Å². The molecule has 0 atom stereocenters. The standard InChI is InChI=1S/C19H18N4O2S2/c24-16(20-12-11-14-7-3-1-4-8-14)13-26-19-23-22-18(27-19)21-17(25)15-9-5-2-6-10-15/h1-10H,11-13H2,(H,20,24)(H,21,22,25). The van der Waals surface area contributed by atoms with Crippen molar-refractivity contribution in [3.8, 4) is 0 Å². The Balaban J connectivity index is 1.40. The lowest BCUT2D eigenvalue weighted by atomic mass is 10.1. The predicted octanol–water partition coefficient (Wildman–Crippen LogP) is 3.24. The highest BCUT2D eigenvalue weighted by Crippen LogP contribution is 2.25. The highest BCUT2D eigenvalue weighted by atomic mass is 32.2. The summed E-state index contributed by atoms with van der Waals surface area (Å²) < 4.78 is 0.636. The highest BCUT2D eigenvalue weighted by molar-refractivity contribution is 8.01. The molecule has 0 bridgehead atoms. The number of hydrogen-bond acceptors (Lipinski definition) is 6. The molecular weight excluding hydrogens is 380 g/mol. The molecule has 2 aromatic carbocycles. The molecular formula is C19H18N4O2S2. The fourth-order valence-electron chi connectivity index (χ4n) is 2.25. The summed E-state index contributed by atoms with van der Waals surface area (Å²) in [5, 5.41) is 14.0. The molecule has 1 heterocycles. The summed E-state index contributed by atoms with van der Waals surface area (Å²) in [6, 6.07) is 18.9. The van der Waals surface area contributed by atoms with Crippen molar-refractivity contribution in [3.05, 3.63) is 71.8 Å². The lowest BCUT2D eigenvalue weighted by Crippen LogP contribution is -2.27. The molecule has 0 aliphatic rings. The minimum absolute atomic E-state index is 0.0546. The van der Waals surface area contributed by atoms with E-state index in [-0.39, 0.29) is 17.6 Å². The fourth-order valence-corrected chi connectivity index (χ4v) is 3.82. The molecule has 3 rings (SSSR count). The highest BCUT2D eigenvalue weighted by Gasteiger charge is 2.11. The summed E-state index contributed by atoms with van der Waals surface area (Å²) in [5.74, 6) is -0.0290. The quantitative estimate of drug-likeness (QED) is 0.450. The van der Waals surface area contributed by atoms with Gasteiger partial charge in [0.05, 0.1) is 5.75 Å². The van der Waals surface area contributed by atoms with E-state index in [1.54, 1.807) is 24.3 Å². The first-order valence-corrected chi connectivity index (χ1v) is 10.1. The van der Waals surface area contributed by atoms with Gasteiger partial charge in [-0.15, -0.1) is 10.2 Å². The second-order valence-electron chi connectivity index (χ2n) is 5.57. The van der Waals surface area contributed by atoms with Gasteiger partial charge in [-0.25, -0.2) is 0 Å². The number of amides is 2. The zero-order valence-corrected chi connectivity index (χ0v) is 16.1. The molecule has 0 saturated carbocycles. The van der Waals surface area contributed by atoms with Crippen LogP contribution in [0, 0.1) is 0 Å². The van der Waals surface area contributed by atoms with Crippen molar-refractivity contribution in [2.45, 2.75) is 10.8 Å². The van der Waals surface area contributed by atoms with Crippen LogP contribution in [0.25, 0.3) is 0 Å². The Bertz CT molecular complexity index is 885. The van der Waals surface area contributed by atoms with Crippen molar-refractivity contribution >= 4 is 40.0 Å². The monoisotopic (exact) mass is 398 g/mol. The smallest absolute Gasteiger partial charge is 0.257 e. The molecule has 2 N–H and O–H groups in total. The molecule has 0 aliphatic heterocycles. The summed E-state index contributed by atoms with van der Waals surface area (Å²) >= 11 is 2.55. The molecule has 0 fully saturated rings. The van der Waals surface area contributed by atoms with E-state index in [1.807, 2.05) is 36.4 Å². The van der Waals surface area contributed by atoms with Crippen LogP contribution in [0.2, 0.25) is 0 Å². The maximum absolute atomic E-state index is 12.1. The van der Waals surface area contributed by atoms with Crippen LogP contribution in [0.4, 0.5) is 5.13 Å². The third-order valence-corrected chi connectivity index (χ3v) is 5.54. The number of nitrogens with one attached hydrogen (secondary N) is 2. The average Bonchev–Trinajstić information content (AvgIpc) is 3.15. The second-order valence-corrected chi connectivity index (χ2v) is 7.77. The summed E-state index contributed by atoms with van der Waals surface area (Å²) in [6.45, 7) is 0.595. The second kappa shape index (κ2) is 9.84. The van der Waals surface area contributed by atoms with Crippen molar-refractivity contribution in [1.82, 2.24) is 15.5 Å². The van der Waals surface area contributed by atoms with Gasteiger partial charge in [0.2, 0.25) is 11.0 Å². The Kier molecular flexibility index (Phi) is 6.95. The number of aromatic nitrogens is 2. The molecule has 1 aromatic heterocycles. The molecule has 0 saturated heterocycles. The van der Waals surface area contributed by atoms with Crippen LogP contribution in [-0.4, -0.2) is 34.3 Å². The number of anilines is 1. The third kappa shape index (κ3) is 6.19. The average molecular weight is 399 g/mol. The first-order valence-electron chi connectivity index (χ1n) is 8.34. The molecule has 138 valence electrons. The van der Waals surface area contributed by atoms with E-state index < -0.39 is 0 Å². The Morgan fingerprint density at radius 2 is 1.67 bits per heavy atom. The largest absolute Gasteiger partial charge is 0.355 e. The van der Waals surface area contributed by atoms with E-state index >= 15 is 0 Å². The van der Waals surface area contributed by atoms with Gasteiger partial charge in [0.15, 0.2) is 4.34 Å². The van der Waals surface area contributed by atoms with E-state index in [4.69, 9.17) is 0 Å². The van der Waals surface area contributed by atoms with Gasteiger partial charge in [0, 0.05) is 12.1 Å². The molecule has 0 unspecified atom stereocenters. The minimum Gasteiger partial charge on any atom is -0.355 e. The van der Waals surface area contributed by atoms with Crippen LogP contribution in [0.5, 0.6) is 0 Å². The van der Waals surface area contributed by atoms with Crippen LogP contribution in [-0.2, 0) is 11.2 Å². The van der Waals surface area contributed by atoms with Crippen LogP contribution in [0.15, 0.2) is 65.0 Å². The maximum atomic E-state index is 12.1. The van der Waals surface area contributed by atoms with Crippen molar-refractivity contribution in [2.75, 3.05) is 17.6 Å². The van der Waals surface area contributed by atoms with Crippen molar-refractivity contribution in [3.63, 3.8) is 0 Å². The van der Waals surface area contributed by atoms with Crippen LogP contribution in [0.3, 0.4) is 0 Å². The lowest BCUT2D eigenvalue weighted by Gasteiger charge is -2.04. The zero-order valence-electron chi connectivity index (χ0n) is 14.4. The van der Waals surface area contributed by atoms with E-state index in [1.165, 1.54) is 28.7 Å². The number of carbonyl (C=O) groups is 2. The molecule has 6 nitrogen and oxygen atoms in total. The molecule has 2 amide bonds. The SMILES string of the molecule is O=C(CSc1nnc(NC(=O)c2ccccc2)s1)NCCc1ccccc1. The predicted molar refractivity (Wildman–Crippen MR) is 108 cm³/mol. The number of thioether (sulfide) groups is 1. The van der Waals surface area contributed by atoms with Gasteiger partial charge in [-0.3, -0.25) is 14.9 Å². The summed E-state index contributed by atoms with van der Waals surface area (Å²) in [5.41, 5.74) is 1.74. The normalized spacial score (nSPS) is 10.4. The molecule has 0 spiro atoms. The molecule has 8 heteroatoms. The van der Waals surface area contributed by atoms with Crippen molar-refractivity contribution in [1.29, 1.82) is 0 Å². The van der Waals surface area contributed by atoms with Crippen LogP contribution >= 0.6 is 23.1 Å². The van der Waals surface area contributed by atoms with E-state index in [9.17, 15) is 9.59 Å². The van der Waals surface area contributed by atoms with E-state index in [0.29, 0.717) is 21.6 Å². The first kappa shape index (κ1) is 19.1. The molecule has 27 heavy (non-hydrogen) atoms. The van der Waals surface area contributed by atoms with Crippen LogP contribution < -0.4 is 10.6 Å². The molecule has 3 aromatic rings. The topological polar surface area (TPSA) is 84.0 Å². The van der Waals surface area contributed by atoms with Gasteiger partial charge in [-0.1, -0.05) is 71.6 Å². The third-order valence-electron chi connectivity index (χ3n) is 3.57. The first-order chi connectivity index (χ1) is 13.2. The number of nitrogens with zero attached hydrogens (tertiary/aromatic N) is 2. The van der Waals surface area contributed by atoms with Gasteiger partial charge < -0.3 is 5.32 Å². The molecule has 0 aliphatic carbocycles. The van der Waals surface area contributed by atoms with Gasteiger partial charge in [0.25, 0.3) is 5.91 Å². The summed E-state index contributed by atoms with van der Waals surface area (Å²) in [7, 11) is 0. The minimum atomic E-state index is -0.234. The fraction of sp³-hybridized carbons (Fsp3) is 0.158. The number of carbonyl (C=O) groups excluding carboxylic acids is 2. The Hall–Kier alpha value is -2.71. The number of benzene rings is 2. The summed E-state index contributed by atoms with van der Waals surface area (Å²) in [6.07, 6.45) is 0.797. The Morgan fingerprint density at radius 1 is 0.963 bits per heavy atom. The Labute approximate surface area is 165 Å². The lowest BCUT2D eigenvalue weighted by molar-refractivity contribution is -0.118. The van der Waals surface area contributed by atoms with E-state index in [0.717, 1.165) is 6.42 Å². The van der Waals surface area contributed by atoms with Gasteiger partial charge in [-0.2, -0.15) is 0 Å². The van der Waals surface area contributed by atoms with Crippen LogP contribution in [0.1, 0.15) is 15.9 Å². The number of rotatable bonds is 8. The Morgan fingerprint density at radius 3 is 2.41 bits per heavy atom. The van der Waals surface area contributed by atoms with Gasteiger partial charge >= 0.3 is 0 Å².